The molecule has 0 spiro atoms. The number of carbonyl (C=O) groups is 1. The predicted molar refractivity (Wildman–Crippen MR) is 110 cm³/mol. The molecule has 2 aromatic carbocycles. The predicted octanol–water partition coefficient (Wildman–Crippen LogP) is 4.78. The summed E-state index contributed by atoms with van der Waals surface area (Å²) in [5.41, 5.74) is 1.15. The Labute approximate surface area is 164 Å². The molecule has 6 nitrogen and oxygen atoms in total. The van der Waals surface area contributed by atoms with Crippen LogP contribution < -0.4 is 10.2 Å². The number of rotatable bonds is 5. The minimum atomic E-state index is -0.356. The van der Waals surface area contributed by atoms with E-state index in [4.69, 9.17) is 4.74 Å². The van der Waals surface area contributed by atoms with E-state index in [9.17, 15) is 4.79 Å². The van der Waals surface area contributed by atoms with E-state index in [0.717, 1.165) is 5.56 Å². The fourth-order valence-electron chi connectivity index (χ4n) is 3.50. The highest BCUT2D eigenvalue weighted by atomic mass is 16.6. The van der Waals surface area contributed by atoms with E-state index in [-0.39, 0.29) is 24.1 Å². The third-order valence-electron chi connectivity index (χ3n) is 5.18. The van der Waals surface area contributed by atoms with E-state index in [0.29, 0.717) is 18.4 Å². The molecular formula is C22H24N4O2. The van der Waals surface area contributed by atoms with Gasteiger partial charge in [0.15, 0.2) is 0 Å². The molecule has 1 aliphatic rings. The second kappa shape index (κ2) is 7.46. The third-order valence-corrected chi connectivity index (χ3v) is 5.18. The van der Waals surface area contributed by atoms with Crippen LogP contribution in [0.5, 0.6) is 0 Å². The van der Waals surface area contributed by atoms with E-state index >= 15 is 0 Å². The molecule has 2 heterocycles. The van der Waals surface area contributed by atoms with Gasteiger partial charge in [0.2, 0.25) is 5.95 Å². The van der Waals surface area contributed by atoms with Gasteiger partial charge in [0, 0.05) is 6.20 Å². The molecule has 1 amide bonds. The fourth-order valence-corrected chi connectivity index (χ4v) is 3.50. The summed E-state index contributed by atoms with van der Waals surface area (Å²) in [5, 5.41) is 5.75. The molecule has 4 rings (SSSR count). The molecule has 6 heteroatoms. The lowest BCUT2D eigenvalue weighted by atomic mass is 10.0. The molecule has 0 saturated carbocycles. The summed E-state index contributed by atoms with van der Waals surface area (Å²) in [4.78, 5) is 22.7. The van der Waals surface area contributed by atoms with E-state index in [1.807, 2.05) is 12.1 Å². The molecule has 144 valence electrons. The quantitative estimate of drug-likeness (QED) is 0.694. The molecule has 1 unspecified atom stereocenters. The maximum absolute atomic E-state index is 12.2. The average molecular weight is 376 g/mol. The highest BCUT2D eigenvalue weighted by Gasteiger charge is 2.37. The SMILES string of the molecule is CC(C)C1COC(=O)N1c1ccnc(N[C@H](C)c2ccc3ccccc3c2)n1. The highest BCUT2D eigenvalue weighted by Crippen LogP contribution is 2.27. The number of anilines is 2. The number of cyclic esters (lactones) is 1. The van der Waals surface area contributed by atoms with Gasteiger partial charge in [0.1, 0.15) is 12.4 Å². The Kier molecular flexibility index (Phi) is 4.86. The van der Waals surface area contributed by atoms with E-state index in [1.165, 1.54) is 10.8 Å². The summed E-state index contributed by atoms with van der Waals surface area (Å²) in [5.74, 6) is 1.32. The molecule has 28 heavy (non-hydrogen) atoms. The molecule has 3 aromatic rings. The number of amides is 1. The van der Waals surface area contributed by atoms with Crippen LogP contribution in [0.3, 0.4) is 0 Å². The number of hydrogen-bond donors (Lipinski definition) is 1. The van der Waals surface area contributed by atoms with Crippen LogP contribution in [0.1, 0.15) is 32.4 Å². The van der Waals surface area contributed by atoms with Gasteiger partial charge in [0.05, 0.1) is 12.1 Å². The monoisotopic (exact) mass is 376 g/mol. The van der Waals surface area contributed by atoms with Crippen molar-refractivity contribution >= 4 is 28.6 Å². The van der Waals surface area contributed by atoms with E-state index in [2.05, 4.69) is 66.4 Å². The Morgan fingerprint density at radius 3 is 2.68 bits per heavy atom. The van der Waals surface area contributed by atoms with Crippen molar-refractivity contribution in [2.75, 3.05) is 16.8 Å². The van der Waals surface area contributed by atoms with Gasteiger partial charge in [-0.1, -0.05) is 50.2 Å². The second-order valence-electron chi connectivity index (χ2n) is 7.47. The number of fused-ring (bicyclic) bond motifs is 1. The Morgan fingerprint density at radius 2 is 1.89 bits per heavy atom. The van der Waals surface area contributed by atoms with Crippen molar-refractivity contribution in [1.82, 2.24) is 9.97 Å². The smallest absolute Gasteiger partial charge is 0.415 e. The standard InChI is InChI=1S/C22H24N4O2/c1-14(2)19-13-28-22(27)26(19)20-10-11-23-21(25-20)24-15(3)17-9-8-16-6-4-5-7-18(16)12-17/h4-12,14-15,19H,13H2,1-3H3,(H,23,24,25)/t15-,19?/m1/s1. The molecule has 1 aromatic heterocycles. The molecule has 1 N–H and O–H groups in total. The Hall–Kier alpha value is -3.15. The van der Waals surface area contributed by atoms with Gasteiger partial charge < -0.3 is 10.1 Å². The number of benzene rings is 2. The lowest BCUT2D eigenvalue weighted by molar-refractivity contribution is 0.177. The first kappa shape index (κ1) is 18.2. The maximum Gasteiger partial charge on any atom is 0.415 e. The number of nitrogens with one attached hydrogen (secondary N) is 1. The minimum absolute atomic E-state index is 0.0197. The van der Waals surface area contributed by atoms with E-state index in [1.54, 1.807) is 17.2 Å². The number of aromatic nitrogens is 2. The average Bonchev–Trinajstić information content (AvgIpc) is 3.09. The van der Waals surface area contributed by atoms with Crippen LogP contribution in [0.15, 0.2) is 54.7 Å². The second-order valence-corrected chi connectivity index (χ2v) is 7.47. The normalized spacial score (nSPS) is 17.8. The van der Waals surface area contributed by atoms with Crippen LogP contribution in [-0.4, -0.2) is 28.7 Å². The zero-order valence-electron chi connectivity index (χ0n) is 16.3. The molecule has 1 fully saturated rings. The van der Waals surface area contributed by atoms with Crippen LogP contribution >= 0.6 is 0 Å². The van der Waals surface area contributed by atoms with Crippen molar-refractivity contribution in [2.24, 2.45) is 5.92 Å². The molecule has 1 saturated heterocycles. The van der Waals surface area contributed by atoms with Gasteiger partial charge in [-0.05, 0) is 41.3 Å². The zero-order chi connectivity index (χ0) is 19.7. The van der Waals surface area contributed by atoms with Crippen molar-refractivity contribution < 1.29 is 9.53 Å². The van der Waals surface area contributed by atoms with Crippen LogP contribution in [0.25, 0.3) is 10.8 Å². The Morgan fingerprint density at radius 1 is 1.11 bits per heavy atom. The van der Waals surface area contributed by atoms with Crippen molar-refractivity contribution in [3.8, 4) is 0 Å². The number of nitrogens with zero attached hydrogens (tertiary/aromatic N) is 3. The molecule has 0 aliphatic carbocycles. The van der Waals surface area contributed by atoms with Crippen LogP contribution in [0, 0.1) is 5.92 Å². The molecule has 0 radical (unpaired) electrons. The lowest BCUT2D eigenvalue weighted by Gasteiger charge is -2.23. The first-order valence-corrected chi connectivity index (χ1v) is 9.57. The van der Waals surface area contributed by atoms with Gasteiger partial charge in [-0.15, -0.1) is 0 Å². The zero-order valence-corrected chi connectivity index (χ0v) is 16.3. The maximum atomic E-state index is 12.2. The number of ether oxygens (including phenoxy) is 1. The first-order chi connectivity index (χ1) is 13.5. The largest absolute Gasteiger partial charge is 0.447 e. The van der Waals surface area contributed by atoms with E-state index < -0.39 is 0 Å². The lowest BCUT2D eigenvalue weighted by Crippen LogP contribution is -2.37. The summed E-state index contributed by atoms with van der Waals surface area (Å²) < 4.78 is 5.23. The van der Waals surface area contributed by atoms with Crippen LogP contribution in [0.4, 0.5) is 16.6 Å². The van der Waals surface area contributed by atoms with Gasteiger partial charge in [-0.2, -0.15) is 4.98 Å². The molecule has 0 bridgehead atoms. The molecule has 2 atom stereocenters. The fraction of sp³-hybridized carbons (Fsp3) is 0.318. The van der Waals surface area contributed by atoms with Crippen molar-refractivity contribution in [1.29, 1.82) is 0 Å². The van der Waals surface area contributed by atoms with Crippen molar-refractivity contribution in [3.63, 3.8) is 0 Å². The van der Waals surface area contributed by atoms with Gasteiger partial charge in [-0.25, -0.2) is 9.78 Å². The minimum Gasteiger partial charge on any atom is -0.447 e. The number of carbonyl (C=O) groups excluding carboxylic acids is 1. The Balaban J connectivity index is 1.56. The molecule has 1 aliphatic heterocycles. The molecular weight excluding hydrogens is 352 g/mol. The highest BCUT2D eigenvalue weighted by molar-refractivity contribution is 5.89. The van der Waals surface area contributed by atoms with Gasteiger partial charge >= 0.3 is 6.09 Å². The van der Waals surface area contributed by atoms with Crippen LogP contribution in [0.2, 0.25) is 0 Å². The third kappa shape index (κ3) is 3.50. The summed E-state index contributed by atoms with van der Waals surface area (Å²) in [6, 6.07) is 16.4. The van der Waals surface area contributed by atoms with Gasteiger partial charge in [-0.3, -0.25) is 4.90 Å². The summed E-state index contributed by atoms with van der Waals surface area (Å²) >= 11 is 0. The first-order valence-electron chi connectivity index (χ1n) is 9.57. The summed E-state index contributed by atoms with van der Waals surface area (Å²) in [6.07, 6.45) is 1.31. The summed E-state index contributed by atoms with van der Waals surface area (Å²) in [6.45, 7) is 6.60. The van der Waals surface area contributed by atoms with Gasteiger partial charge in [0.25, 0.3) is 0 Å². The summed E-state index contributed by atoms with van der Waals surface area (Å²) in [7, 11) is 0. The van der Waals surface area contributed by atoms with Crippen molar-refractivity contribution in [2.45, 2.75) is 32.9 Å². The van der Waals surface area contributed by atoms with Crippen molar-refractivity contribution in [3.05, 3.63) is 60.3 Å². The topological polar surface area (TPSA) is 67.3 Å². The Bertz CT molecular complexity index is 1000. The number of hydrogen-bond acceptors (Lipinski definition) is 5. The van der Waals surface area contributed by atoms with Crippen LogP contribution in [-0.2, 0) is 4.74 Å².